The average Bonchev–Trinajstić information content (AvgIpc) is 2.27. The first-order valence-corrected chi connectivity index (χ1v) is 5.43. The van der Waals surface area contributed by atoms with Crippen LogP contribution in [0.25, 0.3) is 10.9 Å². The molecule has 0 unspecified atom stereocenters. The van der Waals surface area contributed by atoms with Gasteiger partial charge in [0, 0.05) is 10.9 Å². The number of H-pyrrole nitrogens is 1. The largest absolute Gasteiger partial charge is 0.477 e. The van der Waals surface area contributed by atoms with Crippen LogP contribution < -0.4 is 5.56 Å². The van der Waals surface area contributed by atoms with Gasteiger partial charge in [0.2, 0.25) is 0 Å². The molecule has 0 spiro atoms. The fraction of sp³-hybridized carbons (Fsp3) is 0.231. The van der Waals surface area contributed by atoms with Crippen LogP contribution in [0.15, 0.2) is 23.0 Å². The van der Waals surface area contributed by atoms with Crippen molar-refractivity contribution in [1.29, 1.82) is 0 Å². The number of aromatic amines is 1. The van der Waals surface area contributed by atoms with Crippen molar-refractivity contribution in [3.05, 3.63) is 45.2 Å². The Hall–Kier alpha value is -2.10. The van der Waals surface area contributed by atoms with Crippen LogP contribution in [0.3, 0.4) is 0 Å². The minimum absolute atomic E-state index is 0.148. The summed E-state index contributed by atoms with van der Waals surface area (Å²) in [5.41, 5.74) is 1.63. The molecular weight excluding hydrogens is 218 g/mol. The number of aromatic carboxylic acids is 1. The number of pyridine rings is 1. The second kappa shape index (κ2) is 4.05. The second-order valence-corrected chi connectivity index (χ2v) is 4.02. The fourth-order valence-electron chi connectivity index (χ4n) is 2.07. The van der Waals surface area contributed by atoms with Gasteiger partial charge in [-0.25, -0.2) is 4.79 Å². The summed E-state index contributed by atoms with van der Waals surface area (Å²) in [4.78, 5) is 25.4. The van der Waals surface area contributed by atoms with Gasteiger partial charge >= 0.3 is 5.97 Å². The number of aromatic nitrogens is 1. The molecule has 17 heavy (non-hydrogen) atoms. The van der Waals surface area contributed by atoms with Crippen molar-refractivity contribution in [1.82, 2.24) is 4.98 Å². The molecule has 1 aromatic heterocycles. The van der Waals surface area contributed by atoms with E-state index in [1.54, 1.807) is 6.07 Å². The van der Waals surface area contributed by atoms with Gasteiger partial charge in [0.25, 0.3) is 5.56 Å². The number of hydrogen-bond donors (Lipinski definition) is 2. The molecule has 0 radical (unpaired) electrons. The molecule has 4 nitrogen and oxygen atoms in total. The molecule has 2 aromatic rings. The van der Waals surface area contributed by atoms with Crippen molar-refractivity contribution in [2.45, 2.75) is 20.3 Å². The zero-order chi connectivity index (χ0) is 12.6. The summed E-state index contributed by atoms with van der Waals surface area (Å²) in [5, 5.41) is 9.90. The zero-order valence-electron chi connectivity index (χ0n) is 9.70. The number of rotatable bonds is 2. The van der Waals surface area contributed by atoms with Gasteiger partial charge in [-0.1, -0.05) is 18.6 Å². The number of aryl methyl sites for hydroxylation is 2. The van der Waals surface area contributed by atoms with Gasteiger partial charge in [-0.3, -0.25) is 4.79 Å². The second-order valence-electron chi connectivity index (χ2n) is 4.02. The first-order valence-electron chi connectivity index (χ1n) is 5.43. The van der Waals surface area contributed by atoms with E-state index in [2.05, 4.69) is 4.98 Å². The van der Waals surface area contributed by atoms with E-state index < -0.39 is 11.5 Å². The van der Waals surface area contributed by atoms with Crippen LogP contribution in [-0.2, 0) is 6.42 Å². The molecule has 1 heterocycles. The van der Waals surface area contributed by atoms with E-state index in [1.807, 2.05) is 26.0 Å². The quantitative estimate of drug-likeness (QED) is 0.831. The summed E-state index contributed by atoms with van der Waals surface area (Å²) < 4.78 is 0. The van der Waals surface area contributed by atoms with Crippen molar-refractivity contribution in [2.24, 2.45) is 0 Å². The number of carboxylic acid groups (broad SMARTS) is 1. The van der Waals surface area contributed by atoms with Gasteiger partial charge in [0.05, 0.1) is 0 Å². The number of carboxylic acids is 1. The van der Waals surface area contributed by atoms with Gasteiger partial charge in [0.1, 0.15) is 5.56 Å². The minimum Gasteiger partial charge on any atom is -0.477 e. The Morgan fingerprint density at radius 3 is 2.71 bits per heavy atom. The van der Waals surface area contributed by atoms with E-state index in [0.717, 1.165) is 10.9 Å². The Bertz CT molecular complexity index is 655. The third-order valence-electron chi connectivity index (χ3n) is 2.84. The summed E-state index contributed by atoms with van der Waals surface area (Å²) in [6.45, 7) is 3.79. The average molecular weight is 231 g/mol. The zero-order valence-corrected chi connectivity index (χ0v) is 9.70. The summed E-state index contributed by atoms with van der Waals surface area (Å²) in [7, 11) is 0. The van der Waals surface area contributed by atoms with Crippen LogP contribution in [0, 0.1) is 6.92 Å². The Kier molecular flexibility index (Phi) is 2.71. The molecule has 0 fully saturated rings. The summed E-state index contributed by atoms with van der Waals surface area (Å²) in [6.07, 6.45) is 0.519. The fourth-order valence-corrected chi connectivity index (χ4v) is 2.07. The molecule has 2 rings (SSSR count). The predicted molar refractivity (Wildman–Crippen MR) is 65.6 cm³/mol. The molecule has 0 amide bonds. The standard InChI is InChI=1S/C13H13NO3/c1-3-8-9-6-7(2)4-5-10(9)14-12(15)11(8)13(16)17/h4-6H,3H2,1-2H3,(H,14,15)(H,16,17). The van der Waals surface area contributed by atoms with E-state index >= 15 is 0 Å². The van der Waals surface area contributed by atoms with Crippen LogP contribution >= 0.6 is 0 Å². The van der Waals surface area contributed by atoms with Crippen LogP contribution in [0.1, 0.15) is 28.4 Å². The van der Waals surface area contributed by atoms with Crippen molar-refractivity contribution >= 4 is 16.9 Å². The Morgan fingerprint density at radius 2 is 2.12 bits per heavy atom. The minimum atomic E-state index is -1.17. The first kappa shape index (κ1) is 11.4. The van der Waals surface area contributed by atoms with E-state index in [-0.39, 0.29) is 5.56 Å². The monoisotopic (exact) mass is 231 g/mol. The van der Waals surface area contributed by atoms with Crippen molar-refractivity contribution in [2.75, 3.05) is 0 Å². The van der Waals surface area contributed by atoms with E-state index in [9.17, 15) is 9.59 Å². The van der Waals surface area contributed by atoms with Crippen LogP contribution in [-0.4, -0.2) is 16.1 Å². The van der Waals surface area contributed by atoms with Crippen molar-refractivity contribution in [3.8, 4) is 0 Å². The lowest BCUT2D eigenvalue weighted by atomic mass is 10.00. The molecule has 0 saturated carbocycles. The molecule has 0 bridgehead atoms. The van der Waals surface area contributed by atoms with E-state index in [4.69, 9.17) is 5.11 Å². The molecule has 88 valence electrons. The predicted octanol–water partition coefficient (Wildman–Crippen LogP) is 2.10. The smallest absolute Gasteiger partial charge is 0.341 e. The highest BCUT2D eigenvalue weighted by Crippen LogP contribution is 2.20. The number of fused-ring (bicyclic) bond motifs is 1. The third kappa shape index (κ3) is 1.82. The molecule has 1 aromatic carbocycles. The summed E-state index contributed by atoms with van der Waals surface area (Å²) in [5.74, 6) is -1.17. The lowest BCUT2D eigenvalue weighted by Crippen LogP contribution is -2.20. The third-order valence-corrected chi connectivity index (χ3v) is 2.84. The highest BCUT2D eigenvalue weighted by atomic mass is 16.4. The Labute approximate surface area is 97.9 Å². The van der Waals surface area contributed by atoms with Gasteiger partial charge in [-0.2, -0.15) is 0 Å². The number of nitrogens with one attached hydrogen (secondary N) is 1. The number of carbonyl (C=O) groups is 1. The maximum absolute atomic E-state index is 11.7. The molecule has 0 atom stereocenters. The normalized spacial score (nSPS) is 10.7. The maximum Gasteiger partial charge on any atom is 0.341 e. The summed E-state index contributed by atoms with van der Waals surface area (Å²) in [6, 6.07) is 5.59. The van der Waals surface area contributed by atoms with E-state index in [1.165, 1.54) is 0 Å². The topological polar surface area (TPSA) is 70.2 Å². The van der Waals surface area contributed by atoms with Crippen LogP contribution in [0.2, 0.25) is 0 Å². The van der Waals surface area contributed by atoms with Gasteiger partial charge < -0.3 is 10.1 Å². The van der Waals surface area contributed by atoms with Crippen LogP contribution in [0.5, 0.6) is 0 Å². The summed E-state index contributed by atoms with van der Waals surface area (Å²) >= 11 is 0. The Balaban J connectivity index is 2.97. The molecule has 4 heteroatoms. The van der Waals surface area contributed by atoms with Crippen LogP contribution in [0.4, 0.5) is 0 Å². The lowest BCUT2D eigenvalue weighted by Gasteiger charge is -2.08. The van der Waals surface area contributed by atoms with Gasteiger partial charge in [0.15, 0.2) is 0 Å². The molecular formula is C13H13NO3. The van der Waals surface area contributed by atoms with Gasteiger partial charge in [-0.15, -0.1) is 0 Å². The molecule has 0 aliphatic rings. The molecule has 0 saturated heterocycles. The lowest BCUT2D eigenvalue weighted by molar-refractivity contribution is 0.0694. The molecule has 2 N–H and O–H groups in total. The van der Waals surface area contributed by atoms with Crippen molar-refractivity contribution in [3.63, 3.8) is 0 Å². The highest BCUT2D eigenvalue weighted by molar-refractivity contribution is 5.96. The SMILES string of the molecule is CCc1c(C(=O)O)c(=O)[nH]c2ccc(C)cc12. The number of benzene rings is 1. The first-order chi connectivity index (χ1) is 8.04. The molecule has 0 aliphatic heterocycles. The van der Waals surface area contributed by atoms with Gasteiger partial charge in [-0.05, 0) is 31.0 Å². The highest BCUT2D eigenvalue weighted by Gasteiger charge is 2.17. The maximum atomic E-state index is 11.7. The molecule has 0 aliphatic carbocycles. The number of hydrogen-bond acceptors (Lipinski definition) is 2. The van der Waals surface area contributed by atoms with E-state index in [0.29, 0.717) is 17.5 Å². The van der Waals surface area contributed by atoms with Crippen molar-refractivity contribution < 1.29 is 9.90 Å². The Morgan fingerprint density at radius 1 is 1.41 bits per heavy atom.